The minimum absolute atomic E-state index is 0.136. The van der Waals surface area contributed by atoms with Gasteiger partial charge in [0.1, 0.15) is 6.54 Å². The van der Waals surface area contributed by atoms with Gasteiger partial charge in [0.15, 0.2) is 0 Å². The van der Waals surface area contributed by atoms with E-state index in [-0.39, 0.29) is 12.1 Å². The summed E-state index contributed by atoms with van der Waals surface area (Å²) in [6.45, 7) is 6.01. The van der Waals surface area contributed by atoms with E-state index in [1.807, 2.05) is 0 Å². The van der Waals surface area contributed by atoms with Gasteiger partial charge in [-0.25, -0.2) is 4.68 Å². The Kier molecular flexibility index (Phi) is 4.76. The van der Waals surface area contributed by atoms with Gasteiger partial charge in [-0.05, 0) is 25.7 Å². The van der Waals surface area contributed by atoms with E-state index in [4.69, 9.17) is 4.74 Å². The van der Waals surface area contributed by atoms with Gasteiger partial charge in [-0.15, -0.1) is 0 Å². The molecule has 20 heavy (non-hydrogen) atoms. The van der Waals surface area contributed by atoms with E-state index < -0.39 is 5.97 Å². The van der Waals surface area contributed by atoms with E-state index in [1.165, 1.54) is 6.42 Å². The predicted molar refractivity (Wildman–Crippen MR) is 75.7 cm³/mol. The highest BCUT2D eigenvalue weighted by molar-refractivity contribution is 5.69. The minimum atomic E-state index is -0.443. The molecule has 0 aromatic carbocycles. The number of hydrogen-bond acceptors (Lipinski definition) is 5. The number of carbonyl (C=O) groups excluding carboxylic acids is 1. The van der Waals surface area contributed by atoms with Gasteiger partial charge in [0.25, 0.3) is 5.56 Å². The molecule has 6 nitrogen and oxygen atoms in total. The fourth-order valence-electron chi connectivity index (χ4n) is 2.47. The van der Waals surface area contributed by atoms with Gasteiger partial charge in [-0.1, -0.05) is 6.92 Å². The Morgan fingerprint density at radius 3 is 3.00 bits per heavy atom. The summed E-state index contributed by atoms with van der Waals surface area (Å²) >= 11 is 0. The molecule has 1 fully saturated rings. The summed E-state index contributed by atoms with van der Waals surface area (Å²) in [5.74, 6) is 0.187. The summed E-state index contributed by atoms with van der Waals surface area (Å²) < 4.78 is 5.95. The Morgan fingerprint density at radius 1 is 1.55 bits per heavy atom. The van der Waals surface area contributed by atoms with Crippen molar-refractivity contribution in [2.45, 2.75) is 33.2 Å². The minimum Gasteiger partial charge on any atom is -0.465 e. The van der Waals surface area contributed by atoms with E-state index in [0.29, 0.717) is 12.5 Å². The Morgan fingerprint density at radius 2 is 2.35 bits per heavy atom. The lowest BCUT2D eigenvalue weighted by molar-refractivity contribution is -0.144. The maximum atomic E-state index is 12.0. The molecule has 0 amide bonds. The third-order valence-electron chi connectivity index (χ3n) is 3.46. The van der Waals surface area contributed by atoms with Crippen molar-refractivity contribution in [2.75, 3.05) is 24.6 Å². The first-order valence-electron chi connectivity index (χ1n) is 7.08. The number of rotatable bonds is 4. The molecule has 1 atom stereocenters. The second-order valence-corrected chi connectivity index (χ2v) is 5.21. The zero-order valence-corrected chi connectivity index (χ0v) is 12.0. The molecule has 1 aliphatic heterocycles. The molecule has 0 bridgehead atoms. The molecule has 0 saturated carbocycles. The maximum Gasteiger partial charge on any atom is 0.327 e. The van der Waals surface area contributed by atoms with E-state index in [1.54, 1.807) is 19.2 Å². The van der Waals surface area contributed by atoms with Crippen molar-refractivity contribution in [3.05, 3.63) is 22.6 Å². The first kappa shape index (κ1) is 14.6. The van der Waals surface area contributed by atoms with Crippen LogP contribution in [0, 0.1) is 5.92 Å². The lowest BCUT2D eigenvalue weighted by Crippen LogP contribution is -2.36. The van der Waals surface area contributed by atoms with Crippen LogP contribution in [0.25, 0.3) is 0 Å². The van der Waals surface area contributed by atoms with Gasteiger partial charge in [-0.3, -0.25) is 9.59 Å². The van der Waals surface area contributed by atoms with Crippen LogP contribution < -0.4 is 10.5 Å². The Balaban J connectivity index is 2.09. The van der Waals surface area contributed by atoms with Crippen LogP contribution in [0.15, 0.2) is 17.1 Å². The van der Waals surface area contributed by atoms with Crippen LogP contribution in [0.2, 0.25) is 0 Å². The van der Waals surface area contributed by atoms with Crippen molar-refractivity contribution in [2.24, 2.45) is 5.92 Å². The number of esters is 1. The van der Waals surface area contributed by atoms with Gasteiger partial charge in [0, 0.05) is 19.2 Å². The Bertz CT molecular complexity index is 527. The van der Waals surface area contributed by atoms with Gasteiger partial charge >= 0.3 is 5.97 Å². The maximum absolute atomic E-state index is 12.0. The average Bonchev–Trinajstić information content (AvgIpc) is 2.41. The second kappa shape index (κ2) is 6.54. The zero-order chi connectivity index (χ0) is 14.5. The lowest BCUT2D eigenvalue weighted by Gasteiger charge is -2.32. The molecule has 1 aromatic heterocycles. The second-order valence-electron chi connectivity index (χ2n) is 5.21. The molecule has 110 valence electrons. The van der Waals surface area contributed by atoms with Crippen LogP contribution in [0.3, 0.4) is 0 Å². The smallest absolute Gasteiger partial charge is 0.327 e. The Labute approximate surface area is 118 Å². The summed E-state index contributed by atoms with van der Waals surface area (Å²) in [6.07, 6.45) is 4.01. The number of carbonyl (C=O) groups is 1. The molecule has 1 saturated heterocycles. The van der Waals surface area contributed by atoms with Crippen molar-refractivity contribution in [1.29, 1.82) is 0 Å². The molecule has 1 unspecified atom stereocenters. The van der Waals surface area contributed by atoms with E-state index in [2.05, 4.69) is 16.9 Å². The number of hydrogen-bond donors (Lipinski definition) is 0. The van der Waals surface area contributed by atoms with Crippen molar-refractivity contribution >= 4 is 11.7 Å². The van der Waals surface area contributed by atoms with Gasteiger partial charge in [0.05, 0.1) is 18.5 Å². The largest absolute Gasteiger partial charge is 0.465 e. The van der Waals surface area contributed by atoms with Crippen LogP contribution in [0.4, 0.5) is 5.69 Å². The SMILES string of the molecule is CCOC(=O)Cn1ncc(N2CCCC(C)C2)cc1=O. The molecule has 6 heteroatoms. The molecular weight excluding hydrogens is 258 g/mol. The molecule has 0 N–H and O–H groups in total. The molecule has 1 aromatic rings. The standard InChI is InChI=1S/C14H21N3O3/c1-3-20-14(19)10-17-13(18)7-12(8-15-17)16-6-4-5-11(2)9-16/h7-8,11H,3-6,9-10H2,1-2H3. The van der Waals surface area contributed by atoms with Gasteiger partial charge in [0.2, 0.25) is 0 Å². The van der Waals surface area contributed by atoms with Crippen molar-refractivity contribution in [3.63, 3.8) is 0 Å². The normalized spacial score (nSPS) is 18.9. The van der Waals surface area contributed by atoms with Crippen LogP contribution in [0.5, 0.6) is 0 Å². The molecule has 0 radical (unpaired) electrons. The average molecular weight is 279 g/mol. The molecule has 0 aliphatic carbocycles. The summed E-state index contributed by atoms with van der Waals surface area (Å²) in [7, 11) is 0. The first-order valence-corrected chi connectivity index (χ1v) is 7.08. The highest BCUT2D eigenvalue weighted by Crippen LogP contribution is 2.20. The quantitative estimate of drug-likeness (QED) is 0.771. The number of anilines is 1. The number of piperidine rings is 1. The highest BCUT2D eigenvalue weighted by atomic mass is 16.5. The monoisotopic (exact) mass is 279 g/mol. The van der Waals surface area contributed by atoms with Crippen LogP contribution in [-0.2, 0) is 16.1 Å². The fourth-order valence-corrected chi connectivity index (χ4v) is 2.47. The van der Waals surface area contributed by atoms with Crippen molar-refractivity contribution in [3.8, 4) is 0 Å². The molecule has 2 rings (SSSR count). The first-order chi connectivity index (χ1) is 9.60. The molecule has 0 spiro atoms. The summed E-state index contributed by atoms with van der Waals surface area (Å²) in [5, 5.41) is 4.06. The predicted octanol–water partition coefficient (Wildman–Crippen LogP) is 1.04. The number of ether oxygens (including phenoxy) is 1. The molecule has 1 aliphatic rings. The van der Waals surface area contributed by atoms with Crippen LogP contribution in [-0.4, -0.2) is 35.4 Å². The van der Waals surface area contributed by atoms with Crippen molar-refractivity contribution < 1.29 is 9.53 Å². The van der Waals surface area contributed by atoms with Crippen molar-refractivity contribution in [1.82, 2.24) is 9.78 Å². The van der Waals surface area contributed by atoms with E-state index in [9.17, 15) is 9.59 Å². The lowest BCUT2D eigenvalue weighted by atomic mass is 10.00. The highest BCUT2D eigenvalue weighted by Gasteiger charge is 2.17. The van der Waals surface area contributed by atoms with Gasteiger partial charge in [-0.2, -0.15) is 5.10 Å². The zero-order valence-electron chi connectivity index (χ0n) is 12.0. The van der Waals surface area contributed by atoms with E-state index >= 15 is 0 Å². The number of nitrogens with zero attached hydrogens (tertiary/aromatic N) is 3. The molecule has 2 heterocycles. The number of aromatic nitrogens is 2. The molecular formula is C14H21N3O3. The van der Waals surface area contributed by atoms with E-state index in [0.717, 1.165) is 29.9 Å². The topological polar surface area (TPSA) is 64.4 Å². The Hall–Kier alpha value is -1.85. The van der Waals surface area contributed by atoms with Gasteiger partial charge < -0.3 is 9.64 Å². The summed E-state index contributed by atoms with van der Waals surface area (Å²) in [5.41, 5.74) is 0.565. The fraction of sp³-hybridized carbons (Fsp3) is 0.643. The summed E-state index contributed by atoms with van der Waals surface area (Å²) in [4.78, 5) is 25.5. The summed E-state index contributed by atoms with van der Waals surface area (Å²) in [6, 6.07) is 1.55. The van der Waals surface area contributed by atoms with Crippen LogP contribution >= 0.6 is 0 Å². The third-order valence-corrected chi connectivity index (χ3v) is 3.46. The third kappa shape index (κ3) is 3.59. The van der Waals surface area contributed by atoms with Crippen LogP contribution in [0.1, 0.15) is 26.7 Å².